The standard InChI is InChI=1S/C50H27NS.C29H16S.C22H13Br/c1-2-13-32-31(12-1)37-18-8-17-36-30(22-23-39(32)46(36)37)28-10-7-11-29(26-28)51-44-25-24-40-35-16-5-6-21-45(35)52-50(40)48(44)43-27-42-34-15-4-3-14-33(34)38-19-9-20-41(47(38)42)49(43)51;1-2-7-18-17(6-1)20-9-5-10-21-23-14-16-12-13-22-19-8-3-4-11-26(19)30-29(22)27(16)25(23)15-24(18)28(20)21;23-15-6-3-5-14(13-15)16-11-12-21-18-8-2-1-7-17(18)20-10-4-9-19(16)22(20)21/h1-27H;1-13,15H,14H2;1-13H. The van der Waals surface area contributed by atoms with Gasteiger partial charge in [0.25, 0.3) is 0 Å². The highest BCUT2D eigenvalue weighted by atomic mass is 79.9. The second-order valence-corrected chi connectivity index (χ2v) is 31.8. The van der Waals surface area contributed by atoms with Crippen LogP contribution in [0.2, 0.25) is 0 Å². The van der Waals surface area contributed by atoms with E-state index in [1.807, 2.05) is 22.7 Å². The lowest BCUT2D eigenvalue weighted by molar-refractivity contribution is 1.19. The minimum absolute atomic E-state index is 1.03. The Labute approximate surface area is 621 Å². The lowest BCUT2D eigenvalue weighted by Crippen LogP contribution is -1.95. The number of halogens is 1. The molecule has 4 heteroatoms. The number of benzene rings is 18. The maximum Gasteiger partial charge on any atom is 0.0620 e. The summed E-state index contributed by atoms with van der Waals surface area (Å²) in [5.41, 5.74) is 36.2. The van der Waals surface area contributed by atoms with Gasteiger partial charge in [-0.15, -0.1) is 22.7 Å². The van der Waals surface area contributed by atoms with Crippen molar-refractivity contribution in [3.05, 3.63) is 343 Å². The molecule has 0 spiro atoms. The first kappa shape index (κ1) is 58.2. The molecule has 0 atom stereocenters. The molecule has 5 aliphatic carbocycles. The van der Waals surface area contributed by atoms with Crippen LogP contribution in [0.5, 0.6) is 0 Å². The molecule has 0 N–H and O–H groups in total. The SMILES string of the molecule is Brc1cccc(-c2ccc3c4c(cccc24)-c2ccccc2-3)c1.c1cc(-c2ccc3c4c(cccc24)-c2ccccc2-3)cc(-n2c3ccc4c5ccccc5sc4c3c3cc4c5c(cccc5c32)-c2ccccc2-4)c1.c1ccc2c(c1)-c1cccc3c4c(cc-2c13)-c1c(ccc2c1sc1ccccc12)C4. The van der Waals surface area contributed by atoms with E-state index in [9.17, 15) is 0 Å². The van der Waals surface area contributed by atoms with Gasteiger partial charge >= 0.3 is 0 Å². The van der Waals surface area contributed by atoms with E-state index in [0.717, 1.165) is 10.9 Å². The van der Waals surface area contributed by atoms with Gasteiger partial charge in [0, 0.05) is 72.2 Å². The van der Waals surface area contributed by atoms with Crippen LogP contribution >= 0.6 is 38.6 Å². The fourth-order valence-electron chi connectivity index (χ4n) is 19.3. The van der Waals surface area contributed by atoms with Gasteiger partial charge < -0.3 is 4.57 Å². The number of rotatable bonds is 3. The number of aromatic nitrogens is 1. The second kappa shape index (κ2) is 21.9. The topological polar surface area (TPSA) is 4.93 Å². The first-order chi connectivity index (χ1) is 52.0. The van der Waals surface area contributed by atoms with Crippen LogP contribution in [0.1, 0.15) is 11.1 Å². The van der Waals surface area contributed by atoms with Crippen LogP contribution in [0, 0.1) is 0 Å². The molecule has 0 saturated carbocycles. The summed E-state index contributed by atoms with van der Waals surface area (Å²) < 4.78 is 9.19. The fraction of sp³-hybridized carbons (Fsp3) is 0.00990. The monoisotopic (exact) mass is 1430 g/mol. The summed E-state index contributed by atoms with van der Waals surface area (Å²) in [6.07, 6.45) is 1.03. The molecule has 26 rings (SSSR count). The van der Waals surface area contributed by atoms with Crippen molar-refractivity contribution in [3.63, 3.8) is 0 Å². The molecular weight excluding hydrogens is 1370 g/mol. The second-order valence-electron chi connectivity index (χ2n) is 28.8. The molecule has 21 aromatic rings. The van der Waals surface area contributed by atoms with Crippen molar-refractivity contribution in [2.75, 3.05) is 0 Å². The van der Waals surface area contributed by atoms with Crippen molar-refractivity contribution in [1.82, 2.24) is 4.57 Å². The van der Waals surface area contributed by atoms with Crippen molar-refractivity contribution in [2.45, 2.75) is 6.42 Å². The van der Waals surface area contributed by atoms with E-state index in [0.29, 0.717) is 0 Å². The molecule has 5 aliphatic rings. The summed E-state index contributed by atoms with van der Waals surface area (Å²) in [6, 6.07) is 122. The van der Waals surface area contributed by atoms with Crippen LogP contribution in [0.4, 0.5) is 0 Å². The molecule has 105 heavy (non-hydrogen) atoms. The molecular formula is C101H56BrNS2. The first-order valence-corrected chi connectivity index (χ1v) is 38.7. The van der Waals surface area contributed by atoms with E-state index in [1.165, 1.54) is 244 Å². The molecule has 484 valence electrons. The number of thiophene rings is 2. The zero-order chi connectivity index (χ0) is 68.4. The smallest absolute Gasteiger partial charge is 0.0620 e. The number of nitrogens with zero attached hydrogens (tertiary/aromatic N) is 1. The summed E-state index contributed by atoms with van der Waals surface area (Å²) in [5.74, 6) is 0. The molecule has 1 nitrogen and oxygen atoms in total. The number of hydrogen-bond donors (Lipinski definition) is 0. The van der Waals surface area contributed by atoms with Crippen molar-refractivity contribution < 1.29 is 0 Å². The van der Waals surface area contributed by atoms with Gasteiger partial charge in [0.15, 0.2) is 0 Å². The third-order valence-electron chi connectivity index (χ3n) is 23.6. The van der Waals surface area contributed by atoms with Crippen molar-refractivity contribution >= 4 is 144 Å². The predicted octanol–water partition coefficient (Wildman–Crippen LogP) is 29.8. The Morgan fingerprint density at radius 2 is 0.657 bits per heavy atom. The minimum atomic E-state index is 1.03. The fourth-order valence-corrected chi connectivity index (χ4v) is 22.2. The maximum atomic E-state index is 3.59. The van der Waals surface area contributed by atoms with Gasteiger partial charge in [-0.05, 0) is 227 Å². The van der Waals surface area contributed by atoms with Crippen LogP contribution in [0.25, 0.3) is 233 Å². The Hall–Kier alpha value is -12.3. The van der Waals surface area contributed by atoms with Gasteiger partial charge in [-0.25, -0.2) is 0 Å². The largest absolute Gasteiger partial charge is 0.309 e. The molecule has 3 aromatic heterocycles. The number of hydrogen-bond acceptors (Lipinski definition) is 2. The molecule has 18 aromatic carbocycles. The van der Waals surface area contributed by atoms with Crippen LogP contribution < -0.4 is 0 Å². The van der Waals surface area contributed by atoms with Crippen LogP contribution in [0.3, 0.4) is 0 Å². The zero-order valence-electron chi connectivity index (χ0n) is 56.5. The molecule has 0 radical (unpaired) electrons. The van der Waals surface area contributed by atoms with Crippen molar-refractivity contribution in [3.8, 4) is 128 Å². The van der Waals surface area contributed by atoms with Crippen LogP contribution in [0.15, 0.2) is 332 Å². The van der Waals surface area contributed by atoms with Crippen LogP contribution in [-0.2, 0) is 6.42 Å². The molecule has 0 aliphatic heterocycles. The molecule has 3 heterocycles. The minimum Gasteiger partial charge on any atom is -0.309 e. The van der Waals surface area contributed by atoms with Gasteiger partial charge in [-0.1, -0.05) is 289 Å². The summed E-state index contributed by atoms with van der Waals surface area (Å²) in [6.45, 7) is 0. The van der Waals surface area contributed by atoms with Crippen LogP contribution in [-0.4, -0.2) is 4.57 Å². The lowest BCUT2D eigenvalue weighted by atomic mass is 9.94. The Balaban J connectivity index is 0.000000104. The Morgan fingerprint density at radius 3 is 1.23 bits per heavy atom. The van der Waals surface area contributed by atoms with E-state index in [1.54, 1.807) is 0 Å². The van der Waals surface area contributed by atoms with Gasteiger partial charge in [0.1, 0.15) is 0 Å². The summed E-state index contributed by atoms with van der Waals surface area (Å²) in [4.78, 5) is 0. The third kappa shape index (κ3) is 8.11. The van der Waals surface area contributed by atoms with Gasteiger partial charge in [0.05, 0.1) is 11.0 Å². The van der Waals surface area contributed by atoms with Crippen molar-refractivity contribution in [2.24, 2.45) is 0 Å². The number of fused-ring (bicyclic) bond motifs is 28. The summed E-state index contributed by atoms with van der Waals surface area (Å²) in [5, 5.41) is 19.0. The van der Waals surface area contributed by atoms with Crippen molar-refractivity contribution in [1.29, 1.82) is 0 Å². The van der Waals surface area contributed by atoms with Gasteiger partial charge in [-0.3, -0.25) is 0 Å². The summed E-state index contributed by atoms with van der Waals surface area (Å²) >= 11 is 7.46. The quantitative estimate of drug-likeness (QED) is 0.166. The average molecular weight is 1430 g/mol. The van der Waals surface area contributed by atoms with E-state index >= 15 is 0 Å². The predicted molar refractivity (Wildman–Crippen MR) is 454 cm³/mol. The highest BCUT2D eigenvalue weighted by Crippen LogP contribution is 2.58. The highest BCUT2D eigenvalue weighted by Gasteiger charge is 2.32. The molecule has 0 amide bonds. The molecule has 0 bridgehead atoms. The van der Waals surface area contributed by atoms with E-state index in [2.05, 4.69) is 348 Å². The van der Waals surface area contributed by atoms with E-state index in [-0.39, 0.29) is 0 Å². The van der Waals surface area contributed by atoms with E-state index in [4.69, 9.17) is 0 Å². The zero-order valence-corrected chi connectivity index (χ0v) is 59.7. The van der Waals surface area contributed by atoms with Gasteiger partial charge in [0.2, 0.25) is 0 Å². The summed E-state index contributed by atoms with van der Waals surface area (Å²) in [7, 11) is 0. The third-order valence-corrected chi connectivity index (χ3v) is 26.5. The maximum absolute atomic E-state index is 3.59. The molecule has 0 unspecified atom stereocenters. The first-order valence-electron chi connectivity index (χ1n) is 36.3. The Bertz CT molecular complexity index is 7460. The molecule has 0 saturated heterocycles. The Morgan fingerprint density at radius 1 is 0.248 bits per heavy atom. The average Bonchev–Trinajstić information content (AvgIpc) is 1.55. The van der Waals surface area contributed by atoms with Gasteiger partial charge in [-0.2, -0.15) is 0 Å². The molecule has 0 fully saturated rings. The normalized spacial score (nSPS) is 12.6. The van der Waals surface area contributed by atoms with E-state index < -0.39 is 0 Å². The lowest BCUT2D eigenvalue weighted by Gasteiger charge is -2.14. The Kier molecular flexibility index (Phi) is 12.1. The highest BCUT2D eigenvalue weighted by molar-refractivity contribution is 9.10.